The average Bonchev–Trinajstić information content (AvgIpc) is 2.17. The summed E-state index contributed by atoms with van der Waals surface area (Å²) in [6.07, 6.45) is 1.05. The summed E-state index contributed by atoms with van der Waals surface area (Å²) < 4.78 is 0. The Morgan fingerprint density at radius 2 is 2.33 bits per heavy atom. The molecule has 2 rings (SSSR count). The molecule has 0 unspecified atom stereocenters. The van der Waals surface area contributed by atoms with Crippen molar-refractivity contribution in [1.82, 2.24) is 5.32 Å². The highest BCUT2D eigenvalue weighted by Gasteiger charge is 2.11. The van der Waals surface area contributed by atoms with Crippen LogP contribution >= 0.6 is 0 Å². The van der Waals surface area contributed by atoms with Crippen LogP contribution in [0.2, 0.25) is 0 Å². The van der Waals surface area contributed by atoms with Gasteiger partial charge in [-0.3, -0.25) is 0 Å². The first-order valence-electron chi connectivity index (χ1n) is 4.13. The maximum Gasteiger partial charge on any atom is 0.0995 e. The second-order valence-electron chi connectivity index (χ2n) is 2.98. The second-order valence-corrected chi connectivity index (χ2v) is 2.98. The van der Waals surface area contributed by atoms with Gasteiger partial charge in [0, 0.05) is 6.54 Å². The lowest BCUT2D eigenvalue weighted by Crippen LogP contribution is -2.24. The molecular formula is C10H10N2. The summed E-state index contributed by atoms with van der Waals surface area (Å²) in [5.41, 5.74) is 3.33. The van der Waals surface area contributed by atoms with Gasteiger partial charge in [-0.25, -0.2) is 0 Å². The van der Waals surface area contributed by atoms with E-state index in [4.69, 9.17) is 5.26 Å². The van der Waals surface area contributed by atoms with Crippen molar-refractivity contribution in [2.75, 3.05) is 6.54 Å². The number of nitrogens with one attached hydrogen (secondary N) is 1. The van der Waals surface area contributed by atoms with Crippen molar-refractivity contribution in [1.29, 1.82) is 5.26 Å². The maximum atomic E-state index is 8.82. The van der Waals surface area contributed by atoms with Crippen molar-refractivity contribution in [3.05, 3.63) is 34.9 Å². The molecule has 0 spiro atoms. The minimum Gasteiger partial charge on any atom is -0.312 e. The number of hydrogen-bond donors (Lipinski definition) is 1. The molecule has 0 saturated carbocycles. The van der Waals surface area contributed by atoms with E-state index in [2.05, 4.69) is 17.5 Å². The second kappa shape index (κ2) is 2.96. The highest BCUT2D eigenvalue weighted by atomic mass is 14.9. The first-order valence-corrected chi connectivity index (χ1v) is 4.13. The molecule has 0 bridgehead atoms. The van der Waals surface area contributed by atoms with E-state index in [0.29, 0.717) is 0 Å². The van der Waals surface area contributed by atoms with Gasteiger partial charge in [-0.1, -0.05) is 12.1 Å². The van der Waals surface area contributed by atoms with E-state index in [0.717, 1.165) is 25.1 Å². The van der Waals surface area contributed by atoms with Gasteiger partial charge in [-0.05, 0) is 30.2 Å². The van der Waals surface area contributed by atoms with Gasteiger partial charge in [-0.2, -0.15) is 5.26 Å². The molecule has 1 aromatic rings. The van der Waals surface area contributed by atoms with Crippen LogP contribution in [0.3, 0.4) is 0 Å². The predicted molar refractivity (Wildman–Crippen MR) is 46.6 cm³/mol. The Labute approximate surface area is 71.8 Å². The lowest BCUT2D eigenvalue weighted by molar-refractivity contribution is 0.642. The zero-order valence-electron chi connectivity index (χ0n) is 6.80. The first kappa shape index (κ1) is 7.33. The molecule has 60 valence electrons. The number of nitriles is 1. The van der Waals surface area contributed by atoms with Crippen molar-refractivity contribution >= 4 is 0 Å². The molecule has 0 aliphatic carbocycles. The van der Waals surface area contributed by atoms with Crippen LogP contribution in [0, 0.1) is 11.3 Å². The Morgan fingerprint density at radius 1 is 1.42 bits per heavy atom. The van der Waals surface area contributed by atoms with Crippen molar-refractivity contribution in [2.24, 2.45) is 0 Å². The SMILES string of the molecule is N#Cc1cccc2c1CNCC2. The molecule has 1 N–H and O–H groups in total. The number of fused-ring (bicyclic) bond motifs is 1. The van der Waals surface area contributed by atoms with Gasteiger partial charge in [0.2, 0.25) is 0 Å². The number of rotatable bonds is 0. The number of benzene rings is 1. The number of hydrogen-bond acceptors (Lipinski definition) is 2. The van der Waals surface area contributed by atoms with Crippen LogP contribution in [0.1, 0.15) is 16.7 Å². The molecule has 0 amide bonds. The van der Waals surface area contributed by atoms with Crippen LogP contribution in [0.15, 0.2) is 18.2 Å². The van der Waals surface area contributed by atoms with E-state index in [1.807, 2.05) is 12.1 Å². The van der Waals surface area contributed by atoms with Gasteiger partial charge < -0.3 is 5.32 Å². The van der Waals surface area contributed by atoms with Crippen LogP contribution in [0.5, 0.6) is 0 Å². The van der Waals surface area contributed by atoms with Crippen LogP contribution in [0.4, 0.5) is 0 Å². The van der Waals surface area contributed by atoms with E-state index in [1.165, 1.54) is 11.1 Å². The van der Waals surface area contributed by atoms with Gasteiger partial charge in [0.25, 0.3) is 0 Å². The van der Waals surface area contributed by atoms with Gasteiger partial charge in [-0.15, -0.1) is 0 Å². The minimum atomic E-state index is 0.819. The minimum absolute atomic E-state index is 0.819. The third-order valence-corrected chi connectivity index (χ3v) is 2.27. The van der Waals surface area contributed by atoms with Gasteiger partial charge >= 0.3 is 0 Å². The average molecular weight is 158 g/mol. The van der Waals surface area contributed by atoms with Gasteiger partial charge in [0.05, 0.1) is 11.6 Å². The van der Waals surface area contributed by atoms with Gasteiger partial charge in [0.15, 0.2) is 0 Å². The third kappa shape index (κ3) is 1.09. The Morgan fingerprint density at radius 3 is 3.17 bits per heavy atom. The van der Waals surface area contributed by atoms with Crippen LogP contribution in [0.25, 0.3) is 0 Å². The summed E-state index contributed by atoms with van der Waals surface area (Å²) in [5, 5.41) is 12.1. The summed E-state index contributed by atoms with van der Waals surface area (Å²) in [6, 6.07) is 8.17. The highest BCUT2D eigenvalue weighted by Crippen LogP contribution is 2.17. The number of nitrogens with zero attached hydrogens (tertiary/aromatic N) is 1. The lowest BCUT2D eigenvalue weighted by Gasteiger charge is -2.17. The third-order valence-electron chi connectivity index (χ3n) is 2.27. The Bertz CT molecular complexity index is 336. The molecular weight excluding hydrogens is 148 g/mol. The predicted octanol–water partition coefficient (Wildman–Crippen LogP) is 1.20. The maximum absolute atomic E-state index is 8.82. The zero-order chi connectivity index (χ0) is 8.39. The molecule has 2 heteroatoms. The largest absolute Gasteiger partial charge is 0.312 e. The quantitative estimate of drug-likeness (QED) is 0.616. The highest BCUT2D eigenvalue weighted by molar-refractivity contribution is 5.43. The fourth-order valence-electron chi connectivity index (χ4n) is 1.62. The van der Waals surface area contributed by atoms with Crippen molar-refractivity contribution in [2.45, 2.75) is 13.0 Å². The smallest absolute Gasteiger partial charge is 0.0995 e. The molecule has 2 nitrogen and oxygen atoms in total. The first-order chi connectivity index (χ1) is 5.92. The molecule has 0 saturated heterocycles. The van der Waals surface area contributed by atoms with E-state index >= 15 is 0 Å². The van der Waals surface area contributed by atoms with Crippen molar-refractivity contribution < 1.29 is 0 Å². The van der Waals surface area contributed by atoms with E-state index < -0.39 is 0 Å². The van der Waals surface area contributed by atoms with E-state index in [9.17, 15) is 0 Å². The molecule has 1 heterocycles. The Hall–Kier alpha value is -1.33. The Kier molecular flexibility index (Phi) is 1.81. The summed E-state index contributed by atoms with van der Waals surface area (Å²) in [6.45, 7) is 1.88. The standard InChI is InChI=1S/C10H10N2/c11-6-9-3-1-2-8-4-5-12-7-10(8)9/h1-3,12H,4-5,7H2. The van der Waals surface area contributed by atoms with Gasteiger partial charge in [0.1, 0.15) is 0 Å². The van der Waals surface area contributed by atoms with Crippen LogP contribution in [-0.2, 0) is 13.0 Å². The van der Waals surface area contributed by atoms with Crippen molar-refractivity contribution in [3.8, 4) is 6.07 Å². The summed E-state index contributed by atoms with van der Waals surface area (Å²) in [7, 11) is 0. The molecule has 1 aliphatic rings. The molecule has 0 atom stereocenters. The van der Waals surface area contributed by atoms with Crippen LogP contribution in [-0.4, -0.2) is 6.54 Å². The molecule has 0 radical (unpaired) electrons. The molecule has 12 heavy (non-hydrogen) atoms. The van der Waals surface area contributed by atoms with Crippen molar-refractivity contribution in [3.63, 3.8) is 0 Å². The molecule has 0 fully saturated rings. The normalized spacial score (nSPS) is 14.9. The monoisotopic (exact) mass is 158 g/mol. The summed E-state index contributed by atoms with van der Waals surface area (Å²) >= 11 is 0. The molecule has 0 aromatic heterocycles. The van der Waals surface area contributed by atoms with E-state index in [-0.39, 0.29) is 0 Å². The molecule has 1 aromatic carbocycles. The fourth-order valence-corrected chi connectivity index (χ4v) is 1.62. The van der Waals surface area contributed by atoms with E-state index in [1.54, 1.807) is 0 Å². The summed E-state index contributed by atoms with van der Waals surface area (Å²) in [4.78, 5) is 0. The Balaban J connectivity index is 2.53. The zero-order valence-corrected chi connectivity index (χ0v) is 6.80. The molecule has 1 aliphatic heterocycles. The van der Waals surface area contributed by atoms with Crippen LogP contribution < -0.4 is 5.32 Å². The topological polar surface area (TPSA) is 35.8 Å². The lowest BCUT2D eigenvalue weighted by atomic mass is 9.97. The summed E-state index contributed by atoms with van der Waals surface area (Å²) in [5.74, 6) is 0. The fraction of sp³-hybridized carbons (Fsp3) is 0.300.